The largest absolute Gasteiger partial charge is 0.478 e. The van der Waals surface area contributed by atoms with E-state index in [1.807, 2.05) is 0 Å². The molecule has 96 valence electrons. The molecular formula is C10H11N3O4S. The number of sulfonamides is 1. The van der Waals surface area contributed by atoms with Gasteiger partial charge in [0.2, 0.25) is 10.0 Å². The van der Waals surface area contributed by atoms with Gasteiger partial charge in [-0.05, 0) is 12.5 Å². The number of aromatic carboxylic acids is 1. The van der Waals surface area contributed by atoms with Crippen molar-refractivity contribution in [1.82, 2.24) is 4.98 Å². The monoisotopic (exact) mass is 269 g/mol. The lowest BCUT2D eigenvalue weighted by Crippen LogP contribution is -2.26. The average molecular weight is 269 g/mol. The Morgan fingerprint density at radius 1 is 1.61 bits per heavy atom. The van der Waals surface area contributed by atoms with Crippen molar-refractivity contribution in [2.24, 2.45) is 0 Å². The highest BCUT2D eigenvalue weighted by molar-refractivity contribution is 7.93. The molecule has 1 unspecified atom stereocenters. The van der Waals surface area contributed by atoms with E-state index in [0.717, 1.165) is 12.3 Å². The molecule has 0 aromatic carbocycles. The number of pyridine rings is 1. The maximum atomic E-state index is 11.7. The fourth-order valence-corrected chi connectivity index (χ4v) is 2.39. The molecule has 8 heteroatoms. The molecule has 1 atom stereocenters. The predicted octanol–water partition coefficient (Wildman–Crippen LogP) is 0.824. The maximum absolute atomic E-state index is 11.7. The van der Waals surface area contributed by atoms with Gasteiger partial charge in [0, 0.05) is 6.20 Å². The summed E-state index contributed by atoms with van der Waals surface area (Å²) in [7, 11) is -3.86. The fraction of sp³-hybridized carbons (Fsp3) is 0.300. The summed E-state index contributed by atoms with van der Waals surface area (Å²) in [5.41, 5.74) is -0.121. The number of aromatic nitrogens is 1. The van der Waals surface area contributed by atoms with Crippen LogP contribution in [-0.4, -0.2) is 29.7 Å². The van der Waals surface area contributed by atoms with Gasteiger partial charge in [-0.1, -0.05) is 6.92 Å². The van der Waals surface area contributed by atoms with Crippen LogP contribution in [0, 0.1) is 11.3 Å². The lowest BCUT2D eigenvalue weighted by molar-refractivity contribution is 0.0696. The first kappa shape index (κ1) is 13.9. The van der Waals surface area contributed by atoms with Gasteiger partial charge in [-0.15, -0.1) is 0 Å². The van der Waals surface area contributed by atoms with Crippen molar-refractivity contribution in [2.45, 2.75) is 18.6 Å². The molecule has 2 N–H and O–H groups in total. The number of anilines is 1. The van der Waals surface area contributed by atoms with Gasteiger partial charge in [0.15, 0.2) is 5.25 Å². The molecule has 1 aromatic heterocycles. The Bertz CT molecular complexity index is 591. The summed E-state index contributed by atoms with van der Waals surface area (Å²) in [5, 5.41) is 16.3. The number of carboxylic acids is 1. The molecule has 1 heterocycles. The van der Waals surface area contributed by atoms with E-state index in [9.17, 15) is 13.2 Å². The third-order valence-electron chi connectivity index (χ3n) is 2.13. The van der Waals surface area contributed by atoms with Crippen LogP contribution >= 0.6 is 0 Å². The van der Waals surface area contributed by atoms with Crippen molar-refractivity contribution < 1.29 is 18.3 Å². The summed E-state index contributed by atoms with van der Waals surface area (Å²) >= 11 is 0. The second-order valence-electron chi connectivity index (χ2n) is 3.44. The Labute approximate surface area is 104 Å². The minimum absolute atomic E-state index is 0.0172. The van der Waals surface area contributed by atoms with Crippen molar-refractivity contribution in [3.63, 3.8) is 0 Å². The number of rotatable bonds is 5. The maximum Gasteiger partial charge on any atom is 0.337 e. The van der Waals surface area contributed by atoms with Crippen LogP contribution < -0.4 is 4.72 Å². The summed E-state index contributed by atoms with van der Waals surface area (Å²) in [6, 6.07) is 2.80. The first-order valence-corrected chi connectivity index (χ1v) is 6.55. The summed E-state index contributed by atoms with van der Waals surface area (Å²) in [4.78, 5) is 14.3. The Hall–Kier alpha value is -2.14. The van der Waals surface area contributed by atoms with Crippen LogP contribution in [0.4, 0.5) is 5.69 Å². The van der Waals surface area contributed by atoms with E-state index < -0.39 is 21.2 Å². The normalized spacial score (nSPS) is 12.4. The molecule has 0 fully saturated rings. The quantitative estimate of drug-likeness (QED) is 0.816. The van der Waals surface area contributed by atoms with Gasteiger partial charge in [0.25, 0.3) is 0 Å². The van der Waals surface area contributed by atoms with E-state index in [-0.39, 0.29) is 17.7 Å². The Balaban J connectivity index is 3.02. The highest BCUT2D eigenvalue weighted by atomic mass is 32.2. The molecule has 18 heavy (non-hydrogen) atoms. The number of carboxylic acid groups (broad SMARTS) is 1. The molecule has 0 aliphatic carbocycles. The number of nitrogens with one attached hydrogen (secondary N) is 1. The van der Waals surface area contributed by atoms with E-state index in [1.165, 1.54) is 6.20 Å². The highest BCUT2D eigenvalue weighted by Crippen LogP contribution is 2.14. The lowest BCUT2D eigenvalue weighted by Gasteiger charge is -2.10. The average Bonchev–Trinajstić information content (AvgIpc) is 2.29. The molecule has 0 spiro atoms. The first-order chi connectivity index (χ1) is 8.40. The molecular weight excluding hydrogens is 258 g/mol. The third kappa shape index (κ3) is 3.18. The number of hydrogen-bond acceptors (Lipinski definition) is 5. The summed E-state index contributed by atoms with van der Waals surface area (Å²) in [5.74, 6) is -1.21. The molecule has 0 aliphatic heterocycles. The van der Waals surface area contributed by atoms with Crippen molar-refractivity contribution in [2.75, 3.05) is 4.72 Å². The summed E-state index contributed by atoms with van der Waals surface area (Å²) in [6.07, 6.45) is 2.41. The van der Waals surface area contributed by atoms with E-state index in [2.05, 4.69) is 9.71 Å². The number of carbonyl (C=O) groups is 1. The van der Waals surface area contributed by atoms with Crippen molar-refractivity contribution in [1.29, 1.82) is 5.26 Å². The first-order valence-electron chi connectivity index (χ1n) is 5.00. The van der Waals surface area contributed by atoms with Crippen molar-refractivity contribution >= 4 is 21.7 Å². The van der Waals surface area contributed by atoms with Crippen LogP contribution in [0.1, 0.15) is 23.7 Å². The molecule has 0 radical (unpaired) electrons. The zero-order valence-corrected chi connectivity index (χ0v) is 10.3. The van der Waals surface area contributed by atoms with Crippen molar-refractivity contribution in [3.05, 3.63) is 24.0 Å². The van der Waals surface area contributed by atoms with Crippen LogP contribution in [0.3, 0.4) is 0 Å². The van der Waals surface area contributed by atoms with Gasteiger partial charge in [0.1, 0.15) is 0 Å². The van der Waals surface area contributed by atoms with Gasteiger partial charge in [-0.25, -0.2) is 13.2 Å². The Kier molecular flexibility index (Phi) is 4.23. The topological polar surface area (TPSA) is 120 Å². The minimum Gasteiger partial charge on any atom is -0.478 e. The second-order valence-corrected chi connectivity index (χ2v) is 5.30. The van der Waals surface area contributed by atoms with Crippen LogP contribution in [0.2, 0.25) is 0 Å². The standard InChI is InChI=1S/C10H11N3O4S/c1-2-9(4-11)18(16,17)13-8-3-7(10(14)15)5-12-6-8/h3,5-6,9,13H,2H2,1H3,(H,14,15). The second kappa shape index (κ2) is 5.46. The zero-order valence-electron chi connectivity index (χ0n) is 9.49. The van der Waals surface area contributed by atoms with Crippen LogP contribution in [0.5, 0.6) is 0 Å². The SMILES string of the molecule is CCC(C#N)S(=O)(=O)Nc1cncc(C(=O)O)c1. The lowest BCUT2D eigenvalue weighted by atomic mass is 10.3. The number of nitriles is 1. The van der Waals surface area contributed by atoms with Gasteiger partial charge >= 0.3 is 5.97 Å². The van der Waals surface area contributed by atoms with E-state index >= 15 is 0 Å². The Morgan fingerprint density at radius 2 is 2.28 bits per heavy atom. The number of hydrogen-bond donors (Lipinski definition) is 2. The molecule has 0 aliphatic rings. The number of nitrogens with zero attached hydrogens (tertiary/aromatic N) is 2. The zero-order chi connectivity index (χ0) is 13.8. The minimum atomic E-state index is -3.86. The van der Waals surface area contributed by atoms with E-state index in [1.54, 1.807) is 13.0 Å². The van der Waals surface area contributed by atoms with Crippen molar-refractivity contribution in [3.8, 4) is 6.07 Å². The van der Waals surface area contributed by atoms with Crippen LogP contribution in [-0.2, 0) is 10.0 Å². The summed E-state index contributed by atoms with van der Waals surface area (Å²) < 4.78 is 25.6. The van der Waals surface area contributed by atoms with Crippen LogP contribution in [0.15, 0.2) is 18.5 Å². The molecule has 0 saturated heterocycles. The smallest absolute Gasteiger partial charge is 0.337 e. The molecule has 0 bridgehead atoms. The molecule has 1 rings (SSSR count). The molecule has 7 nitrogen and oxygen atoms in total. The van der Waals surface area contributed by atoms with E-state index in [0.29, 0.717) is 0 Å². The van der Waals surface area contributed by atoms with Gasteiger partial charge in [0.05, 0.1) is 23.5 Å². The van der Waals surface area contributed by atoms with Gasteiger partial charge in [-0.2, -0.15) is 5.26 Å². The summed E-state index contributed by atoms with van der Waals surface area (Å²) in [6.45, 7) is 1.57. The Morgan fingerprint density at radius 3 is 2.78 bits per heavy atom. The molecule has 1 aromatic rings. The molecule has 0 amide bonds. The predicted molar refractivity (Wildman–Crippen MR) is 63.4 cm³/mol. The highest BCUT2D eigenvalue weighted by Gasteiger charge is 2.23. The van der Waals surface area contributed by atoms with E-state index in [4.69, 9.17) is 10.4 Å². The molecule has 0 saturated carbocycles. The third-order valence-corrected chi connectivity index (χ3v) is 3.84. The van der Waals surface area contributed by atoms with Gasteiger partial charge < -0.3 is 5.11 Å². The fourth-order valence-electron chi connectivity index (χ4n) is 1.23. The van der Waals surface area contributed by atoms with Gasteiger partial charge in [-0.3, -0.25) is 9.71 Å². The van der Waals surface area contributed by atoms with Crippen LogP contribution in [0.25, 0.3) is 0 Å².